The Morgan fingerprint density at radius 3 is 2.66 bits per heavy atom. The van der Waals surface area contributed by atoms with Gasteiger partial charge in [-0.1, -0.05) is 36.7 Å². The van der Waals surface area contributed by atoms with Crippen molar-refractivity contribution in [2.75, 3.05) is 31.2 Å². The summed E-state index contributed by atoms with van der Waals surface area (Å²) in [5, 5.41) is 1.32. The minimum atomic E-state index is -0.0671. The molecule has 35 heavy (non-hydrogen) atoms. The molecule has 1 saturated heterocycles. The van der Waals surface area contributed by atoms with E-state index in [2.05, 4.69) is 44.7 Å². The Bertz CT molecular complexity index is 1150. The average molecular weight is 512 g/mol. The molecule has 5 nitrogen and oxygen atoms in total. The van der Waals surface area contributed by atoms with Crippen LogP contribution in [0.5, 0.6) is 0 Å². The van der Waals surface area contributed by atoms with Crippen LogP contribution in [0.4, 0.5) is 11.4 Å². The SMILES string of the molecule is CCOCCN1C(=O)/C(=C\c2cc3c(cc2Cl)N(CC)C(C)(C)CC3C)SC1=Nc1ccccc1. The first-order chi connectivity index (χ1) is 16.7. The summed E-state index contributed by atoms with van der Waals surface area (Å²) in [6, 6.07) is 13.9. The number of carbonyl (C=O) groups is 1. The van der Waals surface area contributed by atoms with Crippen molar-refractivity contribution in [2.45, 2.75) is 52.5 Å². The molecule has 0 bridgehead atoms. The van der Waals surface area contributed by atoms with Gasteiger partial charge in [-0.25, -0.2) is 4.99 Å². The van der Waals surface area contributed by atoms with Crippen LogP contribution in [-0.2, 0) is 9.53 Å². The molecule has 1 unspecified atom stereocenters. The topological polar surface area (TPSA) is 45.1 Å². The van der Waals surface area contributed by atoms with Crippen molar-refractivity contribution < 1.29 is 9.53 Å². The van der Waals surface area contributed by atoms with Crippen molar-refractivity contribution in [2.24, 2.45) is 4.99 Å². The molecule has 2 aromatic carbocycles. The van der Waals surface area contributed by atoms with E-state index in [-0.39, 0.29) is 11.4 Å². The number of rotatable bonds is 7. The maximum Gasteiger partial charge on any atom is 0.266 e. The first-order valence-corrected chi connectivity index (χ1v) is 13.5. The Balaban J connectivity index is 1.70. The lowest BCUT2D eigenvalue weighted by Crippen LogP contribution is -2.48. The number of benzene rings is 2. The highest BCUT2D eigenvalue weighted by Crippen LogP contribution is 2.46. The van der Waals surface area contributed by atoms with Crippen molar-refractivity contribution in [1.82, 2.24) is 4.90 Å². The largest absolute Gasteiger partial charge is 0.380 e. The number of hydrogen-bond donors (Lipinski definition) is 0. The van der Waals surface area contributed by atoms with Gasteiger partial charge >= 0.3 is 0 Å². The van der Waals surface area contributed by atoms with E-state index in [1.54, 1.807) is 4.90 Å². The monoisotopic (exact) mass is 511 g/mol. The Morgan fingerprint density at radius 1 is 1.23 bits per heavy atom. The number of ether oxygens (including phenoxy) is 1. The number of amides is 1. The van der Waals surface area contributed by atoms with Crippen LogP contribution in [0.25, 0.3) is 6.08 Å². The van der Waals surface area contributed by atoms with Gasteiger partial charge in [0.05, 0.1) is 23.7 Å². The van der Waals surface area contributed by atoms with E-state index in [1.165, 1.54) is 23.0 Å². The number of carbonyl (C=O) groups excluding carboxylic acids is 1. The van der Waals surface area contributed by atoms with Gasteiger partial charge in [-0.05, 0) is 93.3 Å². The molecule has 4 rings (SSSR count). The number of thioether (sulfide) groups is 1. The van der Waals surface area contributed by atoms with E-state index in [1.807, 2.05) is 43.3 Å². The minimum Gasteiger partial charge on any atom is -0.380 e. The summed E-state index contributed by atoms with van der Waals surface area (Å²) in [7, 11) is 0. The predicted octanol–water partition coefficient (Wildman–Crippen LogP) is 7.09. The second-order valence-electron chi connectivity index (χ2n) is 9.59. The Hall–Kier alpha value is -2.28. The van der Waals surface area contributed by atoms with Crippen molar-refractivity contribution in [3.8, 4) is 0 Å². The van der Waals surface area contributed by atoms with Gasteiger partial charge in [0.15, 0.2) is 5.17 Å². The summed E-state index contributed by atoms with van der Waals surface area (Å²) in [4.78, 5) is 22.9. The molecule has 7 heteroatoms. The summed E-state index contributed by atoms with van der Waals surface area (Å²) in [5.74, 6) is 0.338. The number of fused-ring (bicyclic) bond motifs is 1. The van der Waals surface area contributed by atoms with Crippen LogP contribution in [0, 0.1) is 0 Å². The first-order valence-electron chi connectivity index (χ1n) is 12.3. The second kappa shape index (κ2) is 10.8. The van der Waals surface area contributed by atoms with Crippen LogP contribution in [0.3, 0.4) is 0 Å². The van der Waals surface area contributed by atoms with Gasteiger partial charge in [0.2, 0.25) is 0 Å². The van der Waals surface area contributed by atoms with E-state index < -0.39 is 0 Å². The van der Waals surface area contributed by atoms with Crippen molar-refractivity contribution >= 4 is 51.9 Å². The molecule has 0 aromatic heterocycles. The lowest BCUT2D eigenvalue weighted by Gasteiger charge is -2.47. The second-order valence-corrected chi connectivity index (χ2v) is 11.0. The summed E-state index contributed by atoms with van der Waals surface area (Å²) in [6.45, 7) is 13.4. The third-order valence-corrected chi connectivity index (χ3v) is 7.97. The smallest absolute Gasteiger partial charge is 0.266 e. The number of hydrogen-bond acceptors (Lipinski definition) is 5. The van der Waals surface area contributed by atoms with Gasteiger partial charge < -0.3 is 9.64 Å². The maximum atomic E-state index is 13.4. The molecular formula is C28H34ClN3O2S. The van der Waals surface area contributed by atoms with E-state index in [0.717, 1.165) is 24.2 Å². The van der Waals surface area contributed by atoms with Crippen LogP contribution in [0.1, 0.15) is 58.1 Å². The molecule has 2 aliphatic heterocycles. The molecule has 2 heterocycles. The van der Waals surface area contributed by atoms with Crippen molar-refractivity contribution in [3.63, 3.8) is 0 Å². The predicted molar refractivity (Wildman–Crippen MR) is 149 cm³/mol. The fourth-order valence-corrected chi connectivity index (χ4v) is 6.30. The van der Waals surface area contributed by atoms with Gasteiger partial charge in [-0.2, -0.15) is 0 Å². The lowest BCUT2D eigenvalue weighted by molar-refractivity contribution is -0.122. The lowest BCUT2D eigenvalue weighted by atomic mass is 9.79. The molecule has 0 spiro atoms. The molecule has 2 aromatic rings. The molecule has 2 aliphatic rings. The third kappa shape index (κ3) is 5.45. The Morgan fingerprint density at radius 2 is 1.97 bits per heavy atom. The minimum absolute atomic E-state index is 0.0671. The zero-order valence-electron chi connectivity index (χ0n) is 21.2. The van der Waals surface area contributed by atoms with E-state index in [4.69, 9.17) is 21.3 Å². The molecule has 186 valence electrons. The summed E-state index contributed by atoms with van der Waals surface area (Å²) < 4.78 is 5.52. The van der Waals surface area contributed by atoms with E-state index in [9.17, 15) is 4.79 Å². The highest BCUT2D eigenvalue weighted by molar-refractivity contribution is 8.18. The molecule has 1 amide bonds. The molecular weight excluding hydrogens is 478 g/mol. The van der Waals surface area contributed by atoms with Crippen molar-refractivity contribution in [1.29, 1.82) is 0 Å². The summed E-state index contributed by atoms with van der Waals surface area (Å²) in [6.07, 6.45) is 2.98. The Kier molecular flexibility index (Phi) is 7.94. The van der Waals surface area contributed by atoms with Crippen molar-refractivity contribution in [3.05, 3.63) is 63.5 Å². The number of aliphatic imine (C=N–C) groups is 1. The molecule has 0 N–H and O–H groups in total. The third-order valence-electron chi connectivity index (χ3n) is 6.64. The number of halogens is 1. The highest BCUT2D eigenvalue weighted by Gasteiger charge is 2.37. The number of para-hydroxylation sites is 1. The molecule has 0 radical (unpaired) electrons. The number of amidine groups is 1. The van der Waals surface area contributed by atoms with Crippen LogP contribution >= 0.6 is 23.4 Å². The van der Waals surface area contributed by atoms with Gasteiger partial charge in [0.1, 0.15) is 0 Å². The van der Waals surface area contributed by atoms with E-state index in [0.29, 0.717) is 40.8 Å². The van der Waals surface area contributed by atoms with Gasteiger partial charge in [0, 0.05) is 29.4 Å². The average Bonchev–Trinajstić information content (AvgIpc) is 3.09. The summed E-state index contributed by atoms with van der Waals surface area (Å²) in [5.41, 5.74) is 4.23. The number of anilines is 1. The fraction of sp³-hybridized carbons (Fsp3) is 0.429. The standard InChI is InChI=1S/C28H34ClN3O2S/c1-6-32-24-17-23(29)20(15-22(24)19(3)18-28(32,4)5)16-25-26(33)31(13-14-34-7-2)27(35-25)30-21-11-9-8-10-12-21/h8-12,15-17,19H,6-7,13-14,18H2,1-5H3/b25-16+,30-27?. The van der Waals surface area contributed by atoms with Crippen LogP contribution < -0.4 is 4.90 Å². The van der Waals surface area contributed by atoms with Gasteiger partial charge in [-0.15, -0.1) is 0 Å². The molecule has 1 fully saturated rings. The van der Waals surface area contributed by atoms with Gasteiger partial charge in [-0.3, -0.25) is 9.69 Å². The molecule has 0 aliphatic carbocycles. The zero-order chi connectivity index (χ0) is 25.2. The normalized spacial score (nSPS) is 21.8. The van der Waals surface area contributed by atoms with E-state index >= 15 is 0 Å². The first kappa shape index (κ1) is 25.8. The summed E-state index contributed by atoms with van der Waals surface area (Å²) >= 11 is 8.19. The fourth-order valence-electron chi connectivity index (χ4n) is 5.07. The zero-order valence-corrected chi connectivity index (χ0v) is 22.7. The number of nitrogens with zero attached hydrogens (tertiary/aromatic N) is 3. The highest BCUT2D eigenvalue weighted by atomic mass is 35.5. The van der Waals surface area contributed by atoms with Crippen LogP contribution in [0.15, 0.2) is 52.4 Å². The van der Waals surface area contributed by atoms with Gasteiger partial charge in [0.25, 0.3) is 5.91 Å². The van der Waals surface area contributed by atoms with Crippen LogP contribution in [0.2, 0.25) is 5.02 Å². The maximum absolute atomic E-state index is 13.4. The Labute approximate surface area is 218 Å². The van der Waals surface area contributed by atoms with Crippen LogP contribution in [-0.4, -0.2) is 47.8 Å². The molecule has 1 atom stereocenters. The quantitative estimate of drug-likeness (QED) is 0.294. The molecule has 0 saturated carbocycles.